The summed E-state index contributed by atoms with van der Waals surface area (Å²) in [6, 6.07) is 10.9. The molecule has 0 amide bonds. The third-order valence-electron chi connectivity index (χ3n) is 2.31. The minimum atomic E-state index is 0.683. The van der Waals surface area contributed by atoms with Crippen LogP contribution in [0.1, 0.15) is 0 Å². The van der Waals surface area contributed by atoms with Gasteiger partial charge in [0.05, 0.1) is 16.1 Å². The van der Waals surface area contributed by atoms with Crippen molar-refractivity contribution in [2.24, 2.45) is 0 Å². The summed E-state index contributed by atoms with van der Waals surface area (Å²) in [7, 11) is 1.62. The topological polar surface area (TPSA) is 44.5 Å². The van der Waals surface area contributed by atoms with Crippen LogP contribution in [-0.2, 0) is 0 Å². The van der Waals surface area contributed by atoms with E-state index in [0.29, 0.717) is 17.2 Å². The van der Waals surface area contributed by atoms with Gasteiger partial charge in [-0.05, 0) is 68.3 Å². The van der Waals surface area contributed by atoms with Crippen molar-refractivity contribution in [3.8, 4) is 17.2 Å². The summed E-state index contributed by atoms with van der Waals surface area (Å²) in [4.78, 5) is 0. The molecule has 3 nitrogen and oxygen atoms in total. The van der Waals surface area contributed by atoms with Gasteiger partial charge in [0.15, 0.2) is 0 Å². The molecule has 0 aliphatic rings. The van der Waals surface area contributed by atoms with Crippen LogP contribution in [0.5, 0.6) is 17.2 Å². The summed E-state index contributed by atoms with van der Waals surface area (Å²) in [6.45, 7) is 0. The van der Waals surface area contributed by atoms with Crippen molar-refractivity contribution in [2.75, 3.05) is 12.8 Å². The maximum Gasteiger partial charge on any atom is 0.141 e. The number of halogens is 2. The van der Waals surface area contributed by atoms with Gasteiger partial charge in [-0.3, -0.25) is 0 Å². The molecule has 0 fully saturated rings. The van der Waals surface area contributed by atoms with Crippen molar-refractivity contribution < 1.29 is 9.47 Å². The molecule has 2 aromatic carbocycles. The molecule has 0 unspecified atom stereocenters. The Morgan fingerprint density at radius 1 is 0.944 bits per heavy atom. The molecule has 2 aromatic rings. The maximum atomic E-state index is 5.79. The second-order valence-electron chi connectivity index (χ2n) is 3.59. The zero-order chi connectivity index (χ0) is 13.1. The summed E-state index contributed by atoms with van der Waals surface area (Å²) >= 11 is 6.85. The van der Waals surface area contributed by atoms with Gasteiger partial charge in [0.25, 0.3) is 0 Å². The van der Waals surface area contributed by atoms with Crippen LogP contribution in [0.4, 0.5) is 5.69 Å². The number of rotatable bonds is 3. The van der Waals surface area contributed by atoms with Gasteiger partial charge in [-0.2, -0.15) is 0 Å². The van der Waals surface area contributed by atoms with E-state index in [2.05, 4.69) is 31.9 Å². The predicted octanol–water partition coefficient (Wildman–Crippen LogP) is 4.59. The molecule has 18 heavy (non-hydrogen) atoms. The van der Waals surface area contributed by atoms with Gasteiger partial charge in [-0.15, -0.1) is 0 Å². The number of hydrogen-bond donors (Lipinski definition) is 1. The van der Waals surface area contributed by atoms with Crippen LogP contribution >= 0.6 is 31.9 Å². The van der Waals surface area contributed by atoms with Crippen LogP contribution < -0.4 is 15.2 Å². The highest BCUT2D eigenvalue weighted by molar-refractivity contribution is 9.11. The highest BCUT2D eigenvalue weighted by atomic mass is 79.9. The highest BCUT2D eigenvalue weighted by Gasteiger charge is 2.07. The Morgan fingerprint density at radius 2 is 1.56 bits per heavy atom. The second-order valence-corrected chi connectivity index (χ2v) is 5.30. The molecule has 5 heteroatoms. The predicted molar refractivity (Wildman–Crippen MR) is 79.3 cm³/mol. The summed E-state index contributed by atoms with van der Waals surface area (Å²) in [6.07, 6.45) is 0. The molecule has 2 rings (SSSR count). The Hall–Kier alpha value is -1.20. The minimum Gasteiger partial charge on any atom is -0.497 e. The lowest BCUT2D eigenvalue weighted by Crippen LogP contribution is -1.90. The lowest BCUT2D eigenvalue weighted by atomic mass is 10.3. The van der Waals surface area contributed by atoms with Crippen molar-refractivity contribution in [3.05, 3.63) is 45.3 Å². The molecule has 0 aromatic heterocycles. The molecule has 2 N–H and O–H groups in total. The maximum absolute atomic E-state index is 5.79. The smallest absolute Gasteiger partial charge is 0.141 e. The Kier molecular flexibility index (Phi) is 4.14. The zero-order valence-corrected chi connectivity index (χ0v) is 12.8. The average Bonchev–Trinajstić information content (AvgIpc) is 2.34. The van der Waals surface area contributed by atoms with E-state index in [-0.39, 0.29) is 0 Å². The lowest BCUT2D eigenvalue weighted by molar-refractivity contribution is 0.412. The van der Waals surface area contributed by atoms with E-state index in [4.69, 9.17) is 15.2 Å². The summed E-state index contributed by atoms with van der Waals surface area (Å²) in [5, 5.41) is 0. The Morgan fingerprint density at radius 3 is 2.11 bits per heavy atom. The lowest BCUT2D eigenvalue weighted by Gasteiger charge is -2.10. The SMILES string of the molecule is COc1ccc(Oc2ccc(N)cc2Br)c(Br)c1. The molecule has 0 heterocycles. The van der Waals surface area contributed by atoms with Crippen molar-refractivity contribution in [1.82, 2.24) is 0 Å². The summed E-state index contributed by atoms with van der Waals surface area (Å²) < 4.78 is 12.6. The van der Waals surface area contributed by atoms with Crippen LogP contribution in [0, 0.1) is 0 Å². The van der Waals surface area contributed by atoms with Gasteiger partial charge >= 0.3 is 0 Å². The first-order valence-corrected chi connectivity index (χ1v) is 6.75. The van der Waals surface area contributed by atoms with Gasteiger partial charge in [-0.25, -0.2) is 0 Å². The molecule has 0 aliphatic heterocycles. The fourth-order valence-electron chi connectivity index (χ4n) is 1.41. The van der Waals surface area contributed by atoms with Crippen molar-refractivity contribution in [2.45, 2.75) is 0 Å². The van der Waals surface area contributed by atoms with Crippen LogP contribution in [-0.4, -0.2) is 7.11 Å². The fraction of sp³-hybridized carbons (Fsp3) is 0.0769. The zero-order valence-electron chi connectivity index (χ0n) is 9.61. The molecule has 0 saturated heterocycles. The molecule has 94 valence electrons. The van der Waals surface area contributed by atoms with Gasteiger partial charge in [0.2, 0.25) is 0 Å². The molecule has 0 aliphatic carbocycles. The van der Waals surface area contributed by atoms with E-state index >= 15 is 0 Å². The number of benzene rings is 2. The van der Waals surface area contributed by atoms with Crippen molar-refractivity contribution >= 4 is 37.5 Å². The van der Waals surface area contributed by atoms with Gasteiger partial charge < -0.3 is 15.2 Å². The molecule has 0 spiro atoms. The number of methoxy groups -OCH3 is 1. The molecule has 0 atom stereocenters. The number of hydrogen-bond acceptors (Lipinski definition) is 3. The number of ether oxygens (including phenoxy) is 2. The van der Waals surface area contributed by atoms with E-state index in [1.165, 1.54) is 0 Å². The van der Waals surface area contributed by atoms with Gasteiger partial charge in [0, 0.05) is 5.69 Å². The van der Waals surface area contributed by atoms with Gasteiger partial charge in [-0.1, -0.05) is 0 Å². The quantitative estimate of drug-likeness (QED) is 0.801. The first-order chi connectivity index (χ1) is 8.60. The fourth-order valence-corrected chi connectivity index (χ4v) is 2.33. The Balaban J connectivity index is 2.28. The van der Waals surface area contributed by atoms with Crippen LogP contribution in [0.25, 0.3) is 0 Å². The Labute approximate surface area is 122 Å². The third kappa shape index (κ3) is 2.97. The average molecular weight is 373 g/mol. The van der Waals surface area contributed by atoms with E-state index in [1.807, 2.05) is 24.3 Å². The monoisotopic (exact) mass is 371 g/mol. The largest absolute Gasteiger partial charge is 0.497 e. The van der Waals surface area contributed by atoms with Crippen LogP contribution in [0.15, 0.2) is 45.3 Å². The van der Waals surface area contributed by atoms with Crippen molar-refractivity contribution in [3.63, 3.8) is 0 Å². The van der Waals surface area contributed by atoms with E-state index < -0.39 is 0 Å². The number of nitrogen functional groups attached to an aromatic ring is 1. The van der Waals surface area contributed by atoms with E-state index in [0.717, 1.165) is 14.7 Å². The van der Waals surface area contributed by atoms with Gasteiger partial charge in [0.1, 0.15) is 17.2 Å². The first kappa shape index (κ1) is 13.2. The second kappa shape index (κ2) is 5.63. The third-order valence-corrected chi connectivity index (χ3v) is 3.55. The molecule has 0 radical (unpaired) electrons. The summed E-state index contributed by atoms with van der Waals surface area (Å²) in [5.41, 5.74) is 6.36. The normalized spacial score (nSPS) is 10.2. The summed E-state index contributed by atoms with van der Waals surface area (Å²) in [5.74, 6) is 2.18. The molecule has 0 saturated carbocycles. The molecular formula is C13H11Br2NO2. The minimum absolute atomic E-state index is 0.683. The molecule has 0 bridgehead atoms. The standard InChI is InChI=1S/C13H11Br2NO2/c1-17-9-3-5-13(11(15)7-9)18-12-4-2-8(16)6-10(12)14/h2-7H,16H2,1H3. The highest BCUT2D eigenvalue weighted by Crippen LogP contribution is 2.36. The Bertz CT molecular complexity index is 573. The molecular weight excluding hydrogens is 362 g/mol. The number of nitrogens with two attached hydrogens (primary N) is 1. The van der Waals surface area contributed by atoms with E-state index in [1.54, 1.807) is 19.2 Å². The number of anilines is 1. The van der Waals surface area contributed by atoms with Crippen LogP contribution in [0.2, 0.25) is 0 Å². The van der Waals surface area contributed by atoms with Crippen molar-refractivity contribution in [1.29, 1.82) is 0 Å². The van der Waals surface area contributed by atoms with Crippen LogP contribution in [0.3, 0.4) is 0 Å². The van der Waals surface area contributed by atoms with E-state index in [9.17, 15) is 0 Å². The first-order valence-electron chi connectivity index (χ1n) is 5.16.